The molecule has 1 aromatic rings. The van der Waals surface area contributed by atoms with Crippen molar-refractivity contribution in [2.45, 2.75) is 88.0 Å². The summed E-state index contributed by atoms with van der Waals surface area (Å²) in [5.41, 5.74) is 4.69. The maximum absolute atomic E-state index is 14.3. The van der Waals surface area contributed by atoms with Crippen molar-refractivity contribution in [1.29, 1.82) is 0 Å². The van der Waals surface area contributed by atoms with Gasteiger partial charge in [-0.15, -0.1) is 0 Å². The molecule has 39 heavy (non-hydrogen) atoms. The van der Waals surface area contributed by atoms with E-state index in [0.29, 0.717) is 11.0 Å². The topological polar surface area (TPSA) is 215 Å². The van der Waals surface area contributed by atoms with E-state index in [1.165, 1.54) is 6.92 Å². The fourth-order valence-corrected chi connectivity index (χ4v) is 4.68. The highest BCUT2D eigenvalue weighted by molar-refractivity contribution is 5.88. The number of aliphatic carboxylic acids is 1. The van der Waals surface area contributed by atoms with E-state index in [1.807, 2.05) is 0 Å². The third-order valence-electron chi connectivity index (χ3n) is 6.85. The van der Waals surface area contributed by atoms with Gasteiger partial charge in [0.15, 0.2) is 12.1 Å². The van der Waals surface area contributed by atoms with Crippen molar-refractivity contribution in [2.24, 2.45) is 11.7 Å². The Morgan fingerprint density at radius 1 is 1.31 bits per heavy atom. The van der Waals surface area contributed by atoms with Gasteiger partial charge in [0.05, 0.1) is 12.6 Å². The highest BCUT2D eigenvalue weighted by atomic mass is 19.3. The van der Waals surface area contributed by atoms with Crippen LogP contribution in [0, 0.1) is 5.92 Å². The van der Waals surface area contributed by atoms with Gasteiger partial charge in [-0.25, -0.2) is 14.4 Å². The standard InChI is InChI=1S/C23H33F2N5O9/c1-11(16(19(34)35)29-18(33)13(26)9-12-5-3-2-4-6-12)38-22(37)28-15-7-8-30(21(36)27-15)20-23(24,25)17(32)14(10-31)39-20/h7-8,11-14,16-17,20,31-32H,2-6,9-10,26H2,1H3,(H,29,33)(H,34,35)(H,27,28,36,37)/t11?,13-,14+,16+,17+,20+/m0/s1. The van der Waals surface area contributed by atoms with E-state index < -0.39 is 78.6 Å². The lowest BCUT2D eigenvalue weighted by atomic mass is 9.85. The summed E-state index contributed by atoms with van der Waals surface area (Å²) in [5.74, 6) is -6.24. The minimum Gasteiger partial charge on any atom is -0.480 e. The van der Waals surface area contributed by atoms with Crippen LogP contribution in [-0.4, -0.2) is 85.8 Å². The van der Waals surface area contributed by atoms with E-state index in [9.17, 15) is 38.2 Å². The average molecular weight is 562 g/mol. The van der Waals surface area contributed by atoms with Crippen LogP contribution in [0.25, 0.3) is 0 Å². The van der Waals surface area contributed by atoms with Gasteiger partial charge in [0.25, 0.3) is 0 Å². The molecule has 0 spiro atoms. The van der Waals surface area contributed by atoms with Crippen molar-refractivity contribution in [3.05, 3.63) is 22.7 Å². The van der Waals surface area contributed by atoms with Crippen molar-refractivity contribution in [3.8, 4) is 0 Å². The molecule has 1 aliphatic carbocycles. The summed E-state index contributed by atoms with van der Waals surface area (Å²) < 4.78 is 38.9. The second-order valence-electron chi connectivity index (χ2n) is 9.74. The average Bonchev–Trinajstić information content (AvgIpc) is 3.10. The Labute approximate surface area is 221 Å². The number of carboxylic acid groups (broad SMARTS) is 1. The minimum atomic E-state index is -3.92. The second-order valence-corrected chi connectivity index (χ2v) is 9.74. The van der Waals surface area contributed by atoms with Gasteiger partial charge in [-0.1, -0.05) is 32.1 Å². The van der Waals surface area contributed by atoms with Gasteiger partial charge in [0.2, 0.25) is 12.1 Å². The lowest BCUT2D eigenvalue weighted by molar-refractivity contribution is -0.145. The number of carbonyl (C=O) groups is 3. The summed E-state index contributed by atoms with van der Waals surface area (Å²) in [5, 5.41) is 32.6. The number of aliphatic hydroxyl groups is 2. The molecule has 1 aliphatic heterocycles. The molecule has 1 saturated carbocycles. The number of amides is 2. The molecule has 2 amide bonds. The zero-order valence-electron chi connectivity index (χ0n) is 21.2. The number of halogens is 2. The molecule has 2 aliphatic rings. The first kappa shape index (κ1) is 30.3. The molecule has 0 aromatic carbocycles. The summed E-state index contributed by atoms with van der Waals surface area (Å²) >= 11 is 0. The van der Waals surface area contributed by atoms with Gasteiger partial charge < -0.3 is 35.8 Å². The predicted octanol–water partition coefficient (Wildman–Crippen LogP) is -0.0667. The van der Waals surface area contributed by atoms with E-state index in [1.54, 1.807) is 0 Å². The van der Waals surface area contributed by atoms with Crippen LogP contribution < -0.4 is 22.1 Å². The number of aromatic nitrogens is 2. The number of alkyl halides is 2. The minimum absolute atomic E-state index is 0.276. The number of carboxylic acids is 1. The van der Waals surface area contributed by atoms with Crippen molar-refractivity contribution in [3.63, 3.8) is 0 Å². The van der Waals surface area contributed by atoms with Gasteiger partial charge >= 0.3 is 23.7 Å². The Balaban J connectivity index is 1.58. The van der Waals surface area contributed by atoms with Crippen molar-refractivity contribution in [2.75, 3.05) is 11.9 Å². The van der Waals surface area contributed by atoms with E-state index >= 15 is 0 Å². The molecular weight excluding hydrogens is 528 g/mol. The Hall–Kier alpha value is -3.21. The fourth-order valence-electron chi connectivity index (χ4n) is 4.68. The van der Waals surface area contributed by atoms with Crippen LogP contribution in [0.1, 0.15) is 51.7 Å². The Kier molecular flexibility index (Phi) is 9.93. The number of nitrogens with two attached hydrogens (primary N) is 1. The number of anilines is 1. The van der Waals surface area contributed by atoms with Crippen LogP contribution in [-0.2, 0) is 19.1 Å². The smallest absolute Gasteiger partial charge is 0.413 e. The summed E-state index contributed by atoms with van der Waals surface area (Å²) in [6.07, 6.45) is -2.51. The first-order valence-corrected chi connectivity index (χ1v) is 12.5. The van der Waals surface area contributed by atoms with Gasteiger partial charge in [0, 0.05) is 6.20 Å². The normalized spacial score (nSPS) is 25.3. The van der Waals surface area contributed by atoms with E-state index in [4.69, 9.17) is 20.3 Å². The number of nitrogens with zero attached hydrogens (tertiary/aromatic N) is 2. The molecule has 2 heterocycles. The number of rotatable bonds is 10. The largest absolute Gasteiger partial charge is 0.480 e. The molecule has 218 valence electrons. The second kappa shape index (κ2) is 12.8. The third-order valence-corrected chi connectivity index (χ3v) is 6.85. The summed E-state index contributed by atoms with van der Waals surface area (Å²) in [6.45, 7) is 0.308. The van der Waals surface area contributed by atoms with Gasteiger partial charge in [-0.2, -0.15) is 13.8 Å². The van der Waals surface area contributed by atoms with Gasteiger partial charge in [-0.3, -0.25) is 14.7 Å². The lowest BCUT2D eigenvalue weighted by Crippen LogP contribution is -2.54. The van der Waals surface area contributed by atoms with Crippen molar-refractivity contribution in [1.82, 2.24) is 14.9 Å². The SMILES string of the molecule is CC(OC(=O)Nc1ccn([C@@H]2O[C@H](CO)[C@@H](O)C2(F)F)c(=O)n1)[C@@H](NC(=O)[C@@H](N)CC1CCCCC1)C(=O)O. The number of carbonyl (C=O) groups excluding carboxylic acids is 2. The van der Waals surface area contributed by atoms with E-state index in [-0.39, 0.29) is 5.92 Å². The van der Waals surface area contributed by atoms with Crippen LogP contribution in [0.2, 0.25) is 0 Å². The molecule has 3 rings (SSSR count). The first-order valence-electron chi connectivity index (χ1n) is 12.5. The fraction of sp³-hybridized carbons (Fsp3) is 0.696. The lowest BCUT2D eigenvalue weighted by Gasteiger charge is -2.26. The van der Waals surface area contributed by atoms with Crippen LogP contribution >= 0.6 is 0 Å². The zero-order valence-corrected chi connectivity index (χ0v) is 21.2. The molecule has 14 nitrogen and oxygen atoms in total. The molecule has 1 saturated heterocycles. The molecule has 2 fully saturated rings. The van der Waals surface area contributed by atoms with Crippen LogP contribution in [0.5, 0.6) is 0 Å². The first-order chi connectivity index (χ1) is 18.3. The summed E-state index contributed by atoms with van der Waals surface area (Å²) in [7, 11) is 0. The molecule has 1 aromatic heterocycles. The number of ether oxygens (including phenoxy) is 2. The predicted molar refractivity (Wildman–Crippen MR) is 129 cm³/mol. The zero-order chi connectivity index (χ0) is 28.9. The molecule has 1 unspecified atom stereocenters. The van der Waals surface area contributed by atoms with Crippen LogP contribution in [0.15, 0.2) is 17.1 Å². The maximum atomic E-state index is 14.3. The molecule has 16 heteroatoms. The Morgan fingerprint density at radius 3 is 2.54 bits per heavy atom. The van der Waals surface area contributed by atoms with E-state index in [0.717, 1.165) is 44.4 Å². The Morgan fingerprint density at radius 2 is 1.97 bits per heavy atom. The van der Waals surface area contributed by atoms with E-state index in [2.05, 4.69) is 15.6 Å². The van der Waals surface area contributed by atoms with Gasteiger partial charge in [0.1, 0.15) is 18.0 Å². The quantitative estimate of drug-likeness (QED) is 0.222. The Bertz CT molecular complexity index is 1100. The maximum Gasteiger partial charge on any atom is 0.413 e. The molecule has 7 N–H and O–H groups in total. The molecular formula is C23H33F2N5O9. The molecule has 6 atom stereocenters. The molecule has 0 bridgehead atoms. The van der Waals surface area contributed by atoms with Gasteiger partial charge in [-0.05, 0) is 25.3 Å². The van der Waals surface area contributed by atoms with Crippen molar-refractivity contribution < 1.29 is 48.0 Å². The number of nitrogens with one attached hydrogen (secondary N) is 2. The van der Waals surface area contributed by atoms with Crippen LogP contribution in [0.4, 0.5) is 19.4 Å². The van der Waals surface area contributed by atoms with Crippen LogP contribution in [0.3, 0.4) is 0 Å². The highest BCUT2D eigenvalue weighted by Crippen LogP contribution is 2.42. The van der Waals surface area contributed by atoms with Crippen molar-refractivity contribution >= 4 is 23.8 Å². The molecule has 0 radical (unpaired) electrons. The number of hydrogen-bond acceptors (Lipinski definition) is 10. The monoisotopic (exact) mass is 561 g/mol. The number of hydrogen-bond donors (Lipinski definition) is 6. The third kappa shape index (κ3) is 7.26. The number of aliphatic hydroxyl groups excluding tert-OH is 2. The summed E-state index contributed by atoms with van der Waals surface area (Å²) in [6, 6.07) is -1.60. The summed E-state index contributed by atoms with van der Waals surface area (Å²) in [4.78, 5) is 52.3. The highest BCUT2D eigenvalue weighted by Gasteiger charge is 2.59.